The number of nitrogens with two attached hydrogens (primary N) is 2. The molecule has 25 nitrogen and oxygen atoms in total. The number of ether oxygens (including phenoxy) is 1. The van der Waals surface area contributed by atoms with Gasteiger partial charge in [-0.25, -0.2) is 0 Å². The van der Waals surface area contributed by atoms with Gasteiger partial charge in [0.05, 0.1) is 50.4 Å². The first-order chi connectivity index (χ1) is 35.0. The zero-order valence-corrected chi connectivity index (χ0v) is 44.3. The lowest BCUT2D eigenvalue weighted by atomic mass is 9.93. The molecule has 0 saturated carbocycles. The fourth-order valence-corrected chi connectivity index (χ4v) is 12.3. The van der Waals surface area contributed by atoms with E-state index in [1.807, 2.05) is 0 Å². The average Bonchev–Trinajstić information content (AvgIpc) is 3.93. The highest BCUT2D eigenvalue weighted by Crippen LogP contribution is 2.38. The van der Waals surface area contributed by atoms with E-state index in [4.69, 9.17) is 16.2 Å². The van der Waals surface area contributed by atoms with Crippen LogP contribution in [0.5, 0.6) is 5.75 Å². The zero-order valence-electron chi connectivity index (χ0n) is 41.9. The van der Waals surface area contributed by atoms with Crippen molar-refractivity contribution in [3.05, 3.63) is 23.8 Å². The molecule has 1 saturated heterocycles. The van der Waals surface area contributed by atoms with Crippen LogP contribution in [0.15, 0.2) is 23.2 Å². The molecular weight excluding hydrogens is 1030 g/mol. The third-order valence-corrected chi connectivity index (χ3v) is 17.8. The number of aliphatic hydroxyl groups is 3. The van der Waals surface area contributed by atoms with Gasteiger partial charge < -0.3 is 83.2 Å². The quantitative estimate of drug-likeness (QED) is 0.0463. The van der Waals surface area contributed by atoms with Crippen LogP contribution in [0.1, 0.15) is 65.9 Å². The van der Waals surface area contributed by atoms with E-state index in [0.29, 0.717) is 36.0 Å². The topological polar surface area (TPSA) is 402 Å². The van der Waals surface area contributed by atoms with Gasteiger partial charge in [0.2, 0.25) is 58.2 Å². The van der Waals surface area contributed by atoms with E-state index in [9.17, 15) is 63.0 Å². The van der Waals surface area contributed by atoms with E-state index < -0.39 is 176 Å². The Balaban J connectivity index is 1.71. The molecule has 2 bridgehead atoms. The molecule has 1 aromatic carbocycles. The minimum absolute atomic E-state index is 0.108. The second-order valence-electron chi connectivity index (χ2n) is 19.2. The Morgan fingerprint density at radius 2 is 1.62 bits per heavy atom. The number of hydrogen-bond donors (Lipinski definition) is 13. The van der Waals surface area contributed by atoms with Gasteiger partial charge in [-0.1, -0.05) is 48.8 Å². The van der Waals surface area contributed by atoms with Gasteiger partial charge in [-0.3, -0.25) is 43.2 Å². The first-order valence-corrected chi connectivity index (χ1v) is 27.9. The van der Waals surface area contributed by atoms with Crippen LogP contribution in [0.4, 0.5) is 0 Å². The van der Waals surface area contributed by atoms with Crippen LogP contribution in [-0.4, -0.2) is 187 Å². The van der Waals surface area contributed by atoms with Crippen LogP contribution in [0.3, 0.4) is 0 Å². The summed E-state index contributed by atoms with van der Waals surface area (Å²) in [5.41, 5.74) is 11.7. The monoisotopic (exact) mass is 1100 g/mol. The third kappa shape index (κ3) is 15.8. The number of aliphatic hydroxyl groups excluding tert-OH is 3. The van der Waals surface area contributed by atoms with Crippen molar-refractivity contribution < 1.29 is 67.8 Å². The minimum atomic E-state index is -2.38. The van der Waals surface area contributed by atoms with E-state index >= 15 is 0 Å². The smallest absolute Gasteiger partial charge is 0.248 e. The number of amides is 9. The largest absolute Gasteiger partial charge is 0.610 e. The summed E-state index contributed by atoms with van der Waals surface area (Å²) in [4.78, 5) is 130. The van der Waals surface area contributed by atoms with Crippen LogP contribution in [-0.2, 0) is 60.7 Å². The molecule has 74 heavy (non-hydrogen) atoms. The number of benzene rings is 1. The van der Waals surface area contributed by atoms with Gasteiger partial charge in [0.1, 0.15) is 41.7 Å². The summed E-state index contributed by atoms with van der Waals surface area (Å²) < 4.78 is 20.9. The van der Waals surface area contributed by atoms with Gasteiger partial charge in [-0.15, -0.1) is 0 Å². The van der Waals surface area contributed by atoms with Crippen molar-refractivity contribution in [1.29, 1.82) is 0 Å². The zero-order chi connectivity index (χ0) is 54.6. The minimum Gasteiger partial charge on any atom is -0.610 e. The lowest BCUT2D eigenvalue weighted by molar-refractivity contribution is -0.144. The van der Waals surface area contributed by atoms with Crippen molar-refractivity contribution in [2.75, 3.05) is 50.9 Å². The third-order valence-electron chi connectivity index (χ3n) is 13.0. The standard InChI is InChI=1S/C46H69N11O14S3/c1-6-22(2)37-42(67)50-17-35(62)51-31-21-74(70)44-27(26-8-7-25(14-28(26)54-44)71-11-9-46(4,5)73-72-12-10-47)15-29(39(64)49-18-36(63)55-37)52-43(68)38(23(3)33(60)20-58)56-41(66)32-13-24(59)19-57(32)45(69)30(16-34(48)61)53-40(31)65/h7-8,14,22-24,29-33,37-38,54,58-60H,6,9-13,15-21,47H2,1-5H3,(H2,48,61)(H,49,64)(H,50,67)(H,51,62)(H,52,68)(H,53,65)(H,55,63)(H,56,66)/t22-,23-,24?,29?,30-,31?,32-,33-,37-,38-,74+/m0/s1. The molecule has 9 amide bonds. The molecule has 3 aliphatic heterocycles. The number of aromatic nitrogens is 1. The predicted octanol–water partition coefficient (Wildman–Crippen LogP) is -3.74. The normalized spacial score (nSPS) is 26.5. The summed E-state index contributed by atoms with van der Waals surface area (Å²) in [5.74, 6) is -10.5. The molecule has 3 aliphatic rings. The number of fused-ring (bicyclic) bond motifs is 5. The molecule has 4 heterocycles. The van der Waals surface area contributed by atoms with Crippen molar-refractivity contribution in [3.8, 4) is 5.75 Å². The van der Waals surface area contributed by atoms with Gasteiger partial charge in [-0.2, -0.15) is 0 Å². The molecule has 0 spiro atoms. The van der Waals surface area contributed by atoms with E-state index in [-0.39, 0.29) is 21.9 Å². The Bertz CT molecular complexity index is 2400. The molecule has 5 rings (SSSR count). The highest BCUT2D eigenvalue weighted by atomic mass is 33.1. The van der Waals surface area contributed by atoms with E-state index in [0.717, 1.165) is 10.7 Å². The van der Waals surface area contributed by atoms with Crippen molar-refractivity contribution in [3.63, 3.8) is 0 Å². The Morgan fingerprint density at radius 3 is 2.28 bits per heavy atom. The molecule has 0 radical (unpaired) electrons. The molecule has 1 aromatic heterocycles. The molecule has 410 valence electrons. The van der Waals surface area contributed by atoms with Crippen molar-refractivity contribution in [1.82, 2.24) is 47.1 Å². The summed E-state index contributed by atoms with van der Waals surface area (Å²) in [6.07, 6.45) is -3.76. The number of carbonyl (C=O) groups is 9. The summed E-state index contributed by atoms with van der Waals surface area (Å²) in [6, 6.07) is -5.08. The maximum atomic E-state index is 15.0. The number of nitrogens with one attached hydrogen (secondary N) is 8. The average molecular weight is 1100 g/mol. The number of rotatable bonds is 15. The molecule has 1 fully saturated rings. The molecule has 3 unspecified atom stereocenters. The fraction of sp³-hybridized carbons (Fsp3) is 0.630. The molecule has 2 aromatic rings. The highest BCUT2D eigenvalue weighted by Gasteiger charge is 2.45. The van der Waals surface area contributed by atoms with Crippen LogP contribution in [0.25, 0.3) is 10.9 Å². The second kappa shape index (κ2) is 26.9. The predicted molar refractivity (Wildman–Crippen MR) is 274 cm³/mol. The molecule has 0 aliphatic carbocycles. The fourth-order valence-electron chi connectivity index (χ4n) is 8.49. The summed E-state index contributed by atoms with van der Waals surface area (Å²) in [7, 11) is 3.32. The van der Waals surface area contributed by atoms with Crippen molar-refractivity contribution >= 4 is 96.8 Å². The van der Waals surface area contributed by atoms with Gasteiger partial charge >= 0.3 is 0 Å². The van der Waals surface area contributed by atoms with Gasteiger partial charge in [0.25, 0.3) is 0 Å². The SMILES string of the molecule is CC[C@H](C)[C@@H]1NC(=O)CNC(=O)C2Cc3c([nH]c4cc(OCCC(C)(C)SSCCN)ccc34)[S@+]([O-])CC(NC(=O)CNC1=O)C(=O)N[C@@H](CC(N)=O)C(=O)N1CC(O)C[C@H]1C(=O)N[C@@H]([C@@H](C)[C@@H](O)CO)C(=O)N2. The van der Waals surface area contributed by atoms with E-state index in [1.165, 1.54) is 6.92 Å². The first kappa shape index (κ1) is 59.5. The Labute approximate surface area is 438 Å². The number of nitrogens with zero attached hydrogens (tertiary/aromatic N) is 1. The Kier molecular flexibility index (Phi) is 21.6. The van der Waals surface area contributed by atoms with E-state index in [2.05, 4.69) is 56.0 Å². The first-order valence-electron chi connectivity index (χ1n) is 24.2. The lowest BCUT2D eigenvalue weighted by Crippen LogP contribution is -2.62. The summed E-state index contributed by atoms with van der Waals surface area (Å²) in [6.45, 7) is 6.77. The second-order valence-corrected chi connectivity index (χ2v) is 23.7. The number of H-pyrrole nitrogens is 1. The summed E-state index contributed by atoms with van der Waals surface area (Å²) in [5, 5.41) is 49.3. The molecule has 28 heteroatoms. The van der Waals surface area contributed by atoms with Gasteiger partial charge in [0, 0.05) is 70.5 Å². The van der Waals surface area contributed by atoms with Crippen molar-refractivity contribution in [2.45, 2.75) is 125 Å². The van der Waals surface area contributed by atoms with Crippen LogP contribution in [0, 0.1) is 11.8 Å². The lowest BCUT2D eigenvalue weighted by Gasteiger charge is -2.32. The molecule has 11 atom stereocenters. The maximum absolute atomic E-state index is 15.0. The Hall–Kier alpha value is -5.36. The van der Waals surface area contributed by atoms with Crippen molar-refractivity contribution in [2.24, 2.45) is 23.3 Å². The number of primary amides is 1. The Morgan fingerprint density at radius 1 is 0.932 bits per heavy atom. The highest BCUT2D eigenvalue weighted by molar-refractivity contribution is 8.77. The summed E-state index contributed by atoms with van der Waals surface area (Å²) >= 11 is -2.38. The maximum Gasteiger partial charge on any atom is 0.248 e. The van der Waals surface area contributed by atoms with Gasteiger partial charge in [-0.05, 0) is 38.3 Å². The number of carbonyl (C=O) groups excluding carboxylic acids is 9. The molecular formula is C46H69N11O14S3. The van der Waals surface area contributed by atoms with Crippen LogP contribution in [0.2, 0.25) is 0 Å². The van der Waals surface area contributed by atoms with E-state index in [1.54, 1.807) is 53.6 Å². The van der Waals surface area contributed by atoms with Crippen LogP contribution < -0.4 is 53.4 Å². The number of aromatic amines is 1. The molecule has 15 N–H and O–H groups in total. The van der Waals surface area contributed by atoms with Gasteiger partial charge in [0.15, 0.2) is 6.04 Å². The number of hydrogen-bond acceptors (Lipinski definition) is 17. The van der Waals surface area contributed by atoms with Crippen LogP contribution >= 0.6 is 21.6 Å².